The van der Waals surface area contributed by atoms with Crippen LogP contribution in [0.3, 0.4) is 0 Å². The van der Waals surface area contributed by atoms with Crippen molar-refractivity contribution in [2.75, 3.05) is 24.4 Å². The molecule has 0 saturated carbocycles. The summed E-state index contributed by atoms with van der Waals surface area (Å²) >= 11 is 0. The Morgan fingerprint density at radius 1 is 0.848 bits per heavy atom. The zero-order chi connectivity index (χ0) is 23.2. The number of anilines is 4. The van der Waals surface area contributed by atoms with Crippen molar-refractivity contribution in [1.82, 2.24) is 15.0 Å². The molecule has 8 heteroatoms. The molecule has 0 radical (unpaired) electrons. The van der Waals surface area contributed by atoms with Crippen molar-refractivity contribution in [3.8, 4) is 11.5 Å². The van der Waals surface area contributed by atoms with E-state index >= 15 is 0 Å². The number of methoxy groups -OCH3 is 2. The van der Waals surface area contributed by atoms with Gasteiger partial charge in [-0.3, -0.25) is 9.69 Å². The molecule has 0 fully saturated rings. The third-order valence-corrected chi connectivity index (χ3v) is 4.95. The van der Waals surface area contributed by atoms with E-state index in [9.17, 15) is 4.79 Å². The molecule has 0 aliphatic rings. The third-order valence-electron chi connectivity index (χ3n) is 4.95. The second-order valence-electron chi connectivity index (χ2n) is 7.13. The zero-order valence-electron chi connectivity index (χ0n) is 18.5. The van der Waals surface area contributed by atoms with Gasteiger partial charge in [-0.05, 0) is 55.0 Å². The van der Waals surface area contributed by atoms with Crippen molar-refractivity contribution in [3.05, 3.63) is 90.4 Å². The zero-order valence-corrected chi connectivity index (χ0v) is 18.5. The lowest BCUT2D eigenvalue weighted by molar-refractivity contribution is 0.102. The Labute approximate surface area is 191 Å². The number of ether oxygens (including phenoxy) is 2. The molecule has 0 spiro atoms. The van der Waals surface area contributed by atoms with E-state index in [2.05, 4.69) is 20.3 Å². The Kier molecular flexibility index (Phi) is 6.45. The number of aromatic nitrogens is 3. The van der Waals surface area contributed by atoms with Crippen molar-refractivity contribution >= 4 is 29.0 Å². The molecule has 0 aliphatic carbocycles. The highest BCUT2D eigenvalue weighted by molar-refractivity contribution is 6.05. The summed E-state index contributed by atoms with van der Waals surface area (Å²) in [5.41, 5.74) is 2.79. The maximum atomic E-state index is 13.0. The first-order valence-electron chi connectivity index (χ1n) is 10.2. The lowest BCUT2D eigenvalue weighted by atomic mass is 10.1. The van der Waals surface area contributed by atoms with Gasteiger partial charge in [-0.25, -0.2) is 15.0 Å². The number of hydrogen-bond donors (Lipinski definition) is 1. The molecular formula is C25H23N5O3. The predicted molar refractivity (Wildman–Crippen MR) is 127 cm³/mol. The maximum Gasteiger partial charge on any atom is 0.255 e. The van der Waals surface area contributed by atoms with Gasteiger partial charge in [0.15, 0.2) is 0 Å². The minimum atomic E-state index is -0.289. The number of pyridine rings is 1. The van der Waals surface area contributed by atoms with Gasteiger partial charge in [0.25, 0.3) is 5.91 Å². The molecular weight excluding hydrogens is 418 g/mol. The molecule has 0 unspecified atom stereocenters. The maximum absolute atomic E-state index is 13.0. The van der Waals surface area contributed by atoms with Gasteiger partial charge in [-0.2, -0.15) is 0 Å². The summed E-state index contributed by atoms with van der Waals surface area (Å²) < 4.78 is 10.5. The van der Waals surface area contributed by atoms with Gasteiger partial charge >= 0.3 is 0 Å². The topological polar surface area (TPSA) is 89.5 Å². The molecule has 0 aliphatic heterocycles. The van der Waals surface area contributed by atoms with Crippen molar-refractivity contribution in [2.24, 2.45) is 0 Å². The fourth-order valence-electron chi connectivity index (χ4n) is 3.30. The van der Waals surface area contributed by atoms with E-state index in [4.69, 9.17) is 9.47 Å². The largest absolute Gasteiger partial charge is 0.497 e. The molecule has 1 N–H and O–H groups in total. The molecule has 166 valence electrons. The number of carbonyl (C=O) groups is 1. The minimum Gasteiger partial charge on any atom is -0.497 e. The van der Waals surface area contributed by atoms with E-state index in [1.807, 2.05) is 48.2 Å². The van der Waals surface area contributed by atoms with E-state index in [1.54, 1.807) is 57.1 Å². The summed E-state index contributed by atoms with van der Waals surface area (Å²) in [5.74, 6) is 1.91. The van der Waals surface area contributed by atoms with Crippen LogP contribution in [-0.4, -0.2) is 35.1 Å². The lowest BCUT2D eigenvalue weighted by Crippen LogP contribution is -2.17. The van der Waals surface area contributed by atoms with Crippen LogP contribution < -0.4 is 19.7 Å². The number of aryl methyl sites for hydroxylation is 1. The Bertz CT molecular complexity index is 1190. The van der Waals surface area contributed by atoms with Gasteiger partial charge < -0.3 is 14.8 Å². The molecule has 1 amide bonds. The minimum absolute atomic E-state index is 0.289. The Hall–Kier alpha value is -4.46. The summed E-state index contributed by atoms with van der Waals surface area (Å²) in [6.45, 7) is 1.98. The molecule has 0 bridgehead atoms. The molecule has 33 heavy (non-hydrogen) atoms. The highest BCUT2D eigenvalue weighted by atomic mass is 16.5. The Balaban J connectivity index is 1.71. The summed E-state index contributed by atoms with van der Waals surface area (Å²) in [6.07, 6.45) is 5.06. The molecule has 2 heterocycles. The Morgan fingerprint density at radius 2 is 1.55 bits per heavy atom. The van der Waals surface area contributed by atoms with Crippen LogP contribution in [-0.2, 0) is 0 Å². The molecule has 2 aromatic carbocycles. The number of nitrogens with zero attached hydrogens (tertiary/aromatic N) is 4. The van der Waals surface area contributed by atoms with Crippen LogP contribution in [0.1, 0.15) is 15.9 Å². The molecule has 4 rings (SSSR count). The second kappa shape index (κ2) is 9.78. The summed E-state index contributed by atoms with van der Waals surface area (Å²) in [7, 11) is 3.08. The number of amides is 1. The van der Waals surface area contributed by atoms with E-state index < -0.39 is 0 Å². The van der Waals surface area contributed by atoms with Crippen LogP contribution >= 0.6 is 0 Å². The first-order chi connectivity index (χ1) is 16.1. The van der Waals surface area contributed by atoms with Gasteiger partial charge in [0.1, 0.15) is 17.3 Å². The summed E-state index contributed by atoms with van der Waals surface area (Å²) in [4.78, 5) is 28.1. The van der Waals surface area contributed by atoms with Gasteiger partial charge in [0, 0.05) is 35.9 Å². The summed E-state index contributed by atoms with van der Waals surface area (Å²) in [5, 5.41) is 2.95. The number of rotatable bonds is 7. The average Bonchev–Trinajstić information content (AvgIpc) is 2.87. The average molecular weight is 441 g/mol. The standard InChI is InChI=1S/C25H23N5O3/c1-17-8-9-19(29-24(31)18-13-20(32-2)16-21(14-18)33-3)15-22(17)30(23-7-4-5-10-26-23)25-27-11-6-12-28-25/h4-16H,1-3H3,(H,29,31). The molecule has 0 atom stereocenters. The first kappa shape index (κ1) is 21.8. The fraction of sp³-hybridized carbons (Fsp3) is 0.120. The van der Waals surface area contributed by atoms with E-state index in [0.717, 1.165) is 11.3 Å². The van der Waals surface area contributed by atoms with E-state index in [1.165, 1.54) is 0 Å². The van der Waals surface area contributed by atoms with E-state index in [0.29, 0.717) is 34.5 Å². The van der Waals surface area contributed by atoms with Gasteiger partial charge in [-0.15, -0.1) is 0 Å². The lowest BCUT2D eigenvalue weighted by Gasteiger charge is -2.24. The SMILES string of the molecule is COc1cc(OC)cc(C(=O)Nc2ccc(C)c(N(c3ccccn3)c3ncccn3)c2)c1. The normalized spacial score (nSPS) is 10.4. The van der Waals surface area contributed by atoms with Crippen molar-refractivity contribution < 1.29 is 14.3 Å². The van der Waals surface area contributed by atoms with Crippen LogP contribution in [0, 0.1) is 6.92 Å². The van der Waals surface area contributed by atoms with Crippen LogP contribution in [0.4, 0.5) is 23.1 Å². The van der Waals surface area contributed by atoms with Crippen LogP contribution in [0.25, 0.3) is 0 Å². The molecule has 8 nitrogen and oxygen atoms in total. The molecule has 0 saturated heterocycles. The predicted octanol–water partition coefficient (Wildman–Crippen LogP) is 4.92. The summed E-state index contributed by atoms with van der Waals surface area (Å²) in [6, 6.07) is 18.0. The third kappa shape index (κ3) is 4.90. The number of nitrogens with one attached hydrogen (secondary N) is 1. The number of benzene rings is 2. The fourth-order valence-corrected chi connectivity index (χ4v) is 3.30. The highest BCUT2D eigenvalue weighted by Crippen LogP contribution is 2.34. The van der Waals surface area contributed by atoms with Gasteiger partial charge in [0.2, 0.25) is 5.95 Å². The van der Waals surface area contributed by atoms with Crippen LogP contribution in [0.5, 0.6) is 11.5 Å². The van der Waals surface area contributed by atoms with Gasteiger partial charge in [-0.1, -0.05) is 12.1 Å². The van der Waals surface area contributed by atoms with Crippen molar-refractivity contribution in [3.63, 3.8) is 0 Å². The molecule has 4 aromatic rings. The highest BCUT2D eigenvalue weighted by Gasteiger charge is 2.19. The smallest absolute Gasteiger partial charge is 0.255 e. The Morgan fingerprint density at radius 3 is 2.18 bits per heavy atom. The van der Waals surface area contributed by atoms with Crippen LogP contribution in [0.15, 0.2) is 79.3 Å². The van der Waals surface area contributed by atoms with Crippen molar-refractivity contribution in [1.29, 1.82) is 0 Å². The second-order valence-corrected chi connectivity index (χ2v) is 7.13. The number of hydrogen-bond acceptors (Lipinski definition) is 7. The van der Waals surface area contributed by atoms with Gasteiger partial charge in [0.05, 0.1) is 19.9 Å². The number of carbonyl (C=O) groups excluding carboxylic acids is 1. The monoisotopic (exact) mass is 441 g/mol. The van der Waals surface area contributed by atoms with E-state index in [-0.39, 0.29) is 5.91 Å². The quantitative estimate of drug-likeness (QED) is 0.435. The molecule has 2 aromatic heterocycles. The first-order valence-corrected chi connectivity index (χ1v) is 10.2. The van der Waals surface area contributed by atoms with Crippen LogP contribution in [0.2, 0.25) is 0 Å². The van der Waals surface area contributed by atoms with Crippen molar-refractivity contribution in [2.45, 2.75) is 6.92 Å².